The van der Waals surface area contributed by atoms with Crippen molar-refractivity contribution in [1.82, 2.24) is 0 Å². The van der Waals surface area contributed by atoms with Crippen molar-refractivity contribution < 1.29 is 29.0 Å². The maximum atomic E-state index is 12.6. The number of fused-ring (bicyclic) bond motifs is 1. The van der Waals surface area contributed by atoms with Gasteiger partial charge in [0.05, 0.1) is 19.2 Å². The minimum absolute atomic E-state index is 0.000782. The molecule has 0 radical (unpaired) electrons. The summed E-state index contributed by atoms with van der Waals surface area (Å²) in [5.41, 5.74) is 0.676. The second kappa shape index (κ2) is 6.68. The van der Waals surface area contributed by atoms with E-state index in [1.54, 1.807) is 0 Å². The van der Waals surface area contributed by atoms with Crippen LogP contribution in [0.4, 0.5) is 5.69 Å². The third-order valence-electron chi connectivity index (χ3n) is 3.61. The fourth-order valence-electron chi connectivity index (χ4n) is 2.46. The molecule has 7 nitrogen and oxygen atoms in total. The number of ether oxygens (including phenoxy) is 2. The van der Waals surface area contributed by atoms with E-state index in [0.29, 0.717) is 29.0 Å². The van der Waals surface area contributed by atoms with Gasteiger partial charge in [-0.3, -0.25) is 14.4 Å². The summed E-state index contributed by atoms with van der Waals surface area (Å²) in [6.07, 6.45) is -0.298. The van der Waals surface area contributed by atoms with Crippen LogP contribution in [0.1, 0.15) is 30.6 Å². The fourth-order valence-corrected chi connectivity index (χ4v) is 2.46. The second-order valence-electron chi connectivity index (χ2n) is 5.61. The standard InChI is InChI=1S/C16H19NO6/c1-9(2)14-16(21)17(5-4-13(19)20)11-6-10(8-18)7-12(22-3)15(11)23-14/h6-9,14H,4-5H2,1-3H3,(H,19,20). The number of methoxy groups -OCH3 is 1. The van der Waals surface area contributed by atoms with E-state index in [2.05, 4.69) is 0 Å². The summed E-state index contributed by atoms with van der Waals surface area (Å²) in [7, 11) is 1.44. The highest BCUT2D eigenvalue weighted by atomic mass is 16.5. The lowest BCUT2D eigenvalue weighted by molar-refractivity contribution is -0.136. The Morgan fingerprint density at radius 3 is 2.70 bits per heavy atom. The number of nitrogens with zero attached hydrogens (tertiary/aromatic N) is 1. The number of hydrogen-bond donors (Lipinski definition) is 1. The Balaban J connectivity index is 2.54. The molecule has 0 spiro atoms. The summed E-state index contributed by atoms with van der Waals surface area (Å²) in [4.78, 5) is 35.9. The lowest BCUT2D eigenvalue weighted by atomic mass is 10.0. The first kappa shape index (κ1) is 16.8. The van der Waals surface area contributed by atoms with Crippen LogP contribution in [0.2, 0.25) is 0 Å². The number of benzene rings is 1. The molecule has 0 fully saturated rings. The zero-order valence-corrected chi connectivity index (χ0v) is 13.2. The number of carboxylic acid groups (broad SMARTS) is 1. The highest BCUT2D eigenvalue weighted by Gasteiger charge is 2.38. The summed E-state index contributed by atoms with van der Waals surface area (Å²) in [6, 6.07) is 3.02. The highest BCUT2D eigenvalue weighted by Crippen LogP contribution is 2.43. The van der Waals surface area contributed by atoms with Crippen LogP contribution in [-0.4, -0.2) is 43.0 Å². The average Bonchev–Trinajstić information content (AvgIpc) is 2.51. The van der Waals surface area contributed by atoms with Gasteiger partial charge in [-0.15, -0.1) is 0 Å². The number of aldehydes is 1. The maximum Gasteiger partial charge on any atom is 0.305 e. The molecule has 1 amide bonds. The largest absolute Gasteiger partial charge is 0.493 e. The van der Waals surface area contributed by atoms with Gasteiger partial charge in [0.25, 0.3) is 5.91 Å². The van der Waals surface area contributed by atoms with Gasteiger partial charge in [-0.05, 0) is 18.1 Å². The number of amides is 1. The summed E-state index contributed by atoms with van der Waals surface area (Å²) in [5.74, 6) is -0.743. The summed E-state index contributed by atoms with van der Waals surface area (Å²) < 4.78 is 11.0. The first-order valence-corrected chi connectivity index (χ1v) is 7.26. The molecule has 1 atom stereocenters. The van der Waals surface area contributed by atoms with Crippen LogP contribution in [0.25, 0.3) is 0 Å². The molecule has 0 bridgehead atoms. The van der Waals surface area contributed by atoms with Crippen molar-refractivity contribution in [3.8, 4) is 11.5 Å². The van der Waals surface area contributed by atoms with E-state index in [4.69, 9.17) is 14.6 Å². The van der Waals surface area contributed by atoms with E-state index in [-0.39, 0.29) is 24.8 Å². The van der Waals surface area contributed by atoms with Crippen molar-refractivity contribution in [3.05, 3.63) is 17.7 Å². The van der Waals surface area contributed by atoms with Gasteiger partial charge >= 0.3 is 5.97 Å². The summed E-state index contributed by atoms with van der Waals surface area (Å²) in [6.45, 7) is 3.68. The normalized spacial score (nSPS) is 16.8. The molecule has 1 unspecified atom stereocenters. The van der Waals surface area contributed by atoms with E-state index in [9.17, 15) is 14.4 Å². The molecule has 0 aromatic heterocycles. The molecule has 1 aliphatic heterocycles. The van der Waals surface area contributed by atoms with Crippen molar-refractivity contribution in [1.29, 1.82) is 0 Å². The molecular formula is C16H19NO6. The third kappa shape index (κ3) is 3.28. The highest BCUT2D eigenvalue weighted by molar-refractivity contribution is 6.02. The number of carboxylic acids is 1. The minimum Gasteiger partial charge on any atom is -0.493 e. The Morgan fingerprint density at radius 1 is 1.48 bits per heavy atom. The first-order valence-electron chi connectivity index (χ1n) is 7.26. The zero-order chi connectivity index (χ0) is 17.1. The fraction of sp³-hybridized carbons (Fsp3) is 0.438. The molecule has 0 saturated carbocycles. The molecule has 0 saturated heterocycles. The third-order valence-corrected chi connectivity index (χ3v) is 3.61. The quantitative estimate of drug-likeness (QED) is 0.802. The van der Waals surface area contributed by atoms with Gasteiger partial charge in [0.2, 0.25) is 0 Å². The van der Waals surface area contributed by atoms with Crippen LogP contribution in [0.5, 0.6) is 11.5 Å². The van der Waals surface area contributed by atoms with Crippen molar-refractivity contribution in [3.63, 3.8) is 0 Å². The van der Waals surface area contributed by atoms with Crippen molar-refractivity contribution >= 4 is 23.9 Å². The Kier molecular flexibility index (Phi) is 4.88. The van der Waals surface area contributed by atoms with Gasteiger partial charge in [-0.25, -0.2) is 0 Å². The molecule has 124 valence electrons. The van der Waals surface area contributed by atoms with Gasteiger partial charge in [0.15, 0.2) is 17.6 Å². The van der Waals surface area contributed by atoms with Crippen LogP contribution >= 0.6 is 0 Å². The second-order valence-corrected chi connectivity index (χ2v) is 5.61. The number of carbonyl (C=O) groups excluding carboxylic acids is 2. The van der Waals surface area contributed by atoms with Crippen molar-refractivity contribution in [2.45, 2.75) is 26.4 Å². The van der Waals surface area contributed by atoms with Gasteiger partial charge in [-0.2, -0.15) is 0 Å². The molecule has 0 aliphatic carbocycles. The van der Waals surface area contributed by atoms with E-state index >= 15 is 0 Å². The number of hydrogen-bond acceptors (Lipinski definition) is 5. The molecule has 7 heteroatoms. The van der Waals surface area contributed by atoms with Gasteiger partial charge in [-0.1, -0.05) is 13.8 Å². The smallest absolute Gasteiger partial charge is 0.305 e. The lowest BCUT2D eigenvalue weighted by Crippen LogP contribution is -2.49. The van der Waals surface area contributed by atoms with Crippen LogP contribution in [0.3, 0.4) is 0 Å². The van der Waals surface area contributed by atoms with E-state index in [0.717, 1.165) is 0 Å². The molecule has 23 heavy (non-hydrogen) atoms. The van der Waals surface area contributed by atoms with Crippen molar-refractivity contribution in [2.75, 3.05) is 18.6 Å². The Morgan fingerprint density at radius 2 is 2.17 bits per heavy atom. The Hall–Kier alpha value is -2.57. The van der Waals surface area contributed by atoms with Gasteiger partial charge in [0, 0.05) is 12.1 Å². The molecule has 2 rings (SSSR count). The molecule has 1 heterocycles. The molecule has 1 aromatic carbocycles. The molecule has 1 N–H and O–H groups in total. The van der Waals surface area contributed by atoms with Gasteiger partial charge < -0.3 is 19.5 Å². The predicted molar refractivity (Wildman–Crippen MR) is 82.2 cm³/mol. The summed E-state index contributed by atoms with van der Waals surface area (Å²) in [5, 5.41) is 8.90. The van der Waals surface area contributed by atoms with Crippen LogP contribution in [-0.2, 0) is 9.59 Å². The van der Waals surface area contributed by atoms with Crippen LogP contribution in [0, 0.1) is 5.92 Å². The van der Waals surface area contributed by atoms with E-state index in [1.807, 2.05) is 13.8 Å². The molecular weight excluding hydrogens is 302 g/mol. The number of rotatable bonds is 6. The summed E-state index contributed by atoms with van der Waals surface area (Å²) >= 11 is 0. The molecule has 1 aliphatic rings. The van der Waals surface area contributed by atoms with Crippen LogP contribution in [0.15, 0.2) is 12.1 Å². The molecule has 1 aromatic rings. The van der Waals surface area contributed by atoms with E-state index in [1.165, 1.54) is 24.1 Å². The Labute approximate surface area is 133 Å². The number of anilines is 1. The Bertz CT molecular complexity index is 640. The number of aliphatic carboxylic acids is 1. The first-order chi connectivity index (χ1) is 10.9. The monoisotopic (exact) mass is 321 g/mol. The van der Waals surface area contributed by atoms with E-state index < -0.39 is 12.1 Å². The SMILES string of the molecule is COc1cc(C=O)cc2c1OC(C(C)C)C(=O)N2CCC(=O)O. The zero-order valence-electron chi connectivity index (χ0n) is 13.2. The number of carbonyl (C=O) groups is 3. The topological polar surface area (TPSA) is 93.1 Å². The van der Waals surface area contributed by atoms with Crippen LogP contribution < -0.4 is 14.4 Å². The van der Waals surface area contributed by atoms with Crippen molar-refractivity contribution in [2.24, 2.45) is 5.92 Å². The van der Waals surface area contributed by atoms with Gasteiger partial charge in [0.1, 0.15) is 6.29 Å². The minimum atomic E-state index is -1.01. The lowest BCUT2D eigenvalue weighted by Gasteiger charge is -2.36. The predicted octanol–water partition coefficient (Wildman–Crippen LogP) is 1.73. The maximum absolute atomic E-state index is 12.6. The average molecular weight is 321 g/mol.